The minimum absolute atomic E-state index is 0.0937. The molecule has 138 valence electrons. The molecule has 1 saturated heterocycles. The molecule has 27 heavy (non-hydrogen) atoms. The predicted octanol–water partition coefficient (Wildman–Crippen LogP) is 3.95. The summed E-state index contributed by atoms with van der Waals surface area (Å²) in [5.74, 6) is 0.0937. The van der Waals surface area contributed by atoms with Crippen molar-refractivity contribution in [1.82, 2.24) is 15.2 Å². The summed E-state index contributed by atoms with van der Waals surface area (Å²) in [4.78, 5) is 20.1. The van der Waals surface area contributed by atoms with Gasteiger partial charge in [0.15, 0.2) is 0 Å². The molecule has 0 radical (unpaired) electrons. The van der Waals surface area contributed by atoms with Crippen LogP contribution in [0.4, 0.5) is 0 Å². The first-order valence-electron chi connectivity index (χ1n) is 9.50. The molecular weight excluding hydrogens is 334 g/mol. The molecule has 1 aliphatic heterocycles. The van der Waals surface area contributed by atoms with Gasteiger partial charge in [-0.05, 0) is 43.5 Å². The van der Waals surface area contributed by atoms with Crippen molar-refractivity contribution in [2.75, 3.05) is 19.6 Å². The molecule has 0 spiro atoms. The number of amides is 1. The lowest BCUT2D eigenvalue weighted by Gasteiger charge is -2.34. The molecule has 2 heterocycles. The topological polar surface area (TPSA) is 45.2 Å². The summed E-state index contributed by atoms with van der Waals surface area (Å²) in [5.41, 5.74) is 6.15. The van der Waals surface area contributed by atoms with E-state index in [0.29, 0.717) is 6.54 Å². The van der Waals surface area contributed by atoms with E-state index in [4.69, 9.17) is 4.98 Å². The highest BCUT2D eigenvalue weighted by Gasteiger charge is 2.26. The molecule has 2 aromatic carbocycles. The first-order chi connectivity index (χ1) is 13.0. The summed E-state index contributed by atoms with van der Waals surface area (Å²) >= 11 is 0. The molecular formula is C23H25N3O. The van der Waals surface area contributed by atoms with Crippen LogP contribution in [0.5, 0.6) is 0 Å². The van der Waals surface area contributed by atoms with Crippen LogP contribution in [-0.4, -0.2) is 35.4 Å². The minimum atomic E-state index is 0.0937. The fourth-order valence-corrected chi connectivity index (χ4v) is 3.85. The van der Waals surface area contributed by atoms with Gasteiger partial charge in [0.25, 0.3) is 5.91 Å². The number of hydrogen-bond acceptors (Lipinski definition) is 3. The first-order valence-corrected chi connectivity index (χ1v) is 9.50. The Bertz CT molecular complexity index is 997. The maximum atomic E-state index is 13.4. The van der Waals surface area contributed by atoms with Crippen molar-refractivity contribution >= 4 is 16.8 Å². The number of benzene rings is 2. The molecule has 0 saturated carbocycles. The first kappa shape index (κ1) is 17.7. The number of piperazine rings is 1. The molecule has 1 fully saturated rings. The Labute approximate surface area is 160 Å². The Kier molecular flexibility index (Phi) is 4.66. The van der Waals surface area contributed by atoms with Gasteiger partial charge in [-0.3, -0.25) is 9.78 Å². The van der Waals surface area contributed by atoms with Crippen LogP contribution in [0.3, 0.4) is 0 Å². The van der Waals surface area contributed by atoms with Crippen LogP contribution in [0.1, 0.15) is 38.8 Å². The van der Waals surface area contributed by atoms with Crippen LogP contribution < -0.4 is 5.32 Å². The Morgan fingerprint density at radius 3 is 2.67 bits per heavy atom. The van der Waals surface area contributed by atoms with Crippen LogP contribution in [0.15, 0.2) is 48.5 Å². The summed E-state index contributed by atoms with van der Waals surface area (Å²) in [6, 6.07) is 16.6. The van der Waals surface area contributed by atoms with Gasteiger partial charge in [-0.1, -0.05) is 42.5 Å². The quantitative estimate of drug-likeness (QED) is 0.754. The zero-order valence-electron chi connectivity index (χ0n) is 16.1. The molecule has 1 aromatic heterocycles. The second-order valence-electron chi connectivity index (χ2n) is 7.38. The second kappa shape index (κ2) is 7.12. The lowest BCUT2D eigenvalue weighted by atomic mass is 9.99. The van der Waals surface area contributed by atoms with Gasteiger partial charge in [-0.2, -0.15) is 0 Å². The number of pyridine rings is 1. The van der Waals surface area contributed by atoms with Crippen molar-refractivity contribution in [2.45, 2.75) is 26.8 Å². The molecule has 0 unspecified atom stereocenters. The van der Waals surface area contributed by atoms with E-state index >= 15 is 0 Å². The lowest BCUT2D eigenvalue weighted by molar-refractivity contribution is 0.0705. The highest BCUT2D eigenvalue weighted by molar-refractivity contribution is 6.07. The third-order valence-electron chi connectivity index (χ3n) is 5.53. The van der Waals surface area contributed by atoms with Gasteiger partial charge in [0.05, 0.1) is 11.1 Å². The van der Waals surface area contributed by atoms with Crippen molar-refractivity contribution in [1.29, 1.82) is 0 Å². The molecule has 4 rings (SSSR count). The highest BCUT2D eigenvalue weighted by Crippen LogP contribution is 2.26. The maximum Gasteiger partial charge on any atom is 0.254 e. The van der Waals surface area contributed by atoms with Gasteiger partial charge in [0, 0.05) is 36.8 Å². The van der Waals surface area contributed by atoms with Crippen LogP contribution in [0.2, 0.25) is 0 Å². The Hall–Kier alpha value is -2.72. The number of carbonyl (C=O) groups excluding carboxylic acids is 1. The molecule has 1 atom stereocenters. The fraction of sp³-hybridized carbons (Fsp3) is 0.304. The number of aryl methyl sites for hydroxylation is 3. The maximum absolute atomic E-state index is 13.4. The average Bonchev–Trinajstić information content (AvgIpc) is 2.71. The summed E-state index contributed by atoms with van der Waals surface area (Å²) in [6.45, 7) is 8.32. The molecule has 1 aliphatic rings. The van der Waals surface area contributed by atoms with E-state index < -0.39 is 0 Å². The Balaban J connectivity index is 1.69. The standard InChI is InChI=1S/C23H25N3O/c1-15-9-10-19-20(13-16(2)25-22(19)17(15)3)23(27)26-12-11-24-21(14-26)18-7-5-4-6-8-18/h4-10,13,21,24H,11-12,14H2,1-3H3/t21-/m0/s1. The largest absolute Gasteiger partial charge is 0.335 e. The highest BCUT2D eigenvalue weighted by atomic mass is 16.2. The molecule has 4 heteroatoms. The zero-order chi connectivity index (χ0) is 19.0. The van der Waals surface area contributed by atoms with Gasteiger partial charge < -0.3 is 10.2 Å². The Morgan fingerprint density at radius 2 is 1.89 bits per heavy atom. The van der Waals surface area contributed by atoms with Crippen LogP contribution in [0, 0.1) is 20.8 Å². The van der Waals surface area contributed by atoms with E-state index in [1.54, 1.807) is 0 Å². The van der Waals surface area contributed by atoms with Crippen molar-refractivity contribution in [3.8, 4) is 0 Å². The molecule has 1 N–H and O–H groups in total. The van der Waals surface area contributed by atoms with Crippen LogP contribution >= 0.6 is 0 Å². The number of hydrogen-bond donors (Lipinski definition) is 1. The molecule has 3 aromatic rings. The SMILES string of the molecule is Cc1cc(C(=O)N2CCN[C@H](c3ccccc3)C2)c2ccc(C)c(C)c2n1. The van der Waals surface area contributed by atoms with Crippen molar-refractivity contribution in [3.05, 3.63) is 76.5 Å². The van der Waals surface area contributed by atoms with Gasteiger partial charge >= 0.3 is 0 Å². The molecule has 1 amide bonds. The van der Waals surface area contributed by atoms with Crippen molar-refractivity contribution < 1.29 is 4.79 Å². The normalized spacial score (nSPS) is 17.3. The van der Waals surface area contributed by atoms with E-state index in [1.807, 2.05) is 42.2 Å². The third kappa shape index (κ3) is 3.33. The van der Waals surface area contributed by atoms with Gasteiger partial charge in [0.2, 0.25) is 0 Å². The lowest BCUT2D eigenvalue weighted by Crippen LogP contribution is -2.48. The molecule has 4 nitrogen and oxygen atoms in total. The smallest absolute Gasteiger partial charge is 0.254 e. The monoisotopic (exact) mass is 359 g/mol. The fourth-order valence-electron chi connectivity index (χ4n) is 3.85. The van der Waals surface area contributed by atoms with Gasteiger partial charge in [-0.15, -0.1) is 0 Å². The number of rotatable bonds is 2. The molecule has 0 bridgehead atoms. The zero-order valence-corrected chi connectivity index (χ0v) is 16.1. The van der Waals surface area contributed by atoms with E-state index in [9.17, 15) is 4.79 Å². The summed E-state index contributed by atoms with van der Waals surface area (Å²) in [7, 11) is 0. The number of nitrogens with one attached hydrogen (secondary N) is 1. The second-order valence-corrected chi connectivity index (χ2v) is 7.38. The van der Waals surface area contributed by atoms with E-state index in [2.05, 4.69) is 37.4 Å². The van der Waals surface area contributed by atoms with Crippen LogP contribution in [-0.2, 0) is 0 Å². The average molecular weight is 359 g/mol. The van der Waals surface area contributed by atoms with Gasteiger partial charge in [0.1, 0.15) is 0 Å². The van der Waals surface area contributed by atoms with Crippen molar-refractivity contribution in [3.63, 3.8) is 0 Å². The van der Waals surface area contributed by atoms with E-state index in [0.717, 1.165) is 40.8 Å². The number of nitrogens with zero attached hydrogens (tertiary/aromatic N) is 2. The third-order valence-corrected chi connectivity index (χ3v) is 5.53. The number of aromatic nitrogens is 1. The van der Waals surface area contributed by atoms with E-state index in [1.165, 1.54) is 11.1 Å². The number of fused-ring (bicyclic) bond motifs is 1. The van der Waals surface area contributed by atoms with Gasteiger partial charge in [-0.25, -0.2) is 0 Å². The Morgan fingerprint density at radius 1 is 1.11 bits per heavy atom. The van der Waals surface area contributed by atoms with Crippen molar-refractivity contribution in [2.24, 2.45) is 0 Å². The predicted molar refractivity (Wildman–Crippen MR) is 109 cm³/mol. The molecule has 0 aliphatic carbocycles. The minimum Gasteiger partial charge on any atom is -0.335 e. The summed E-state index contributed by atoms with van der Waals surface area (Å²) < 4.78 is 0. The van der Waals surface area contributed by atoms with E-state index in [-0.39, 0.29) is 11.9 Å². The summed E-state index contributed by atoms with van der Waals surface area (Å²) in [6.07, 6.45) is 0. The summed E-state index contributed by atoms with van der Waals surface area (Å²) in [5, 5.41) is 4.48. The van der Waals surface area contributed by atoms with Crippen LogP contribution in [0.25, 0.3) is 10.9 Å². The number of carbonyl (C=O) groups is 1.